The molecule has 15 heavy (non-hydrogen) atoms. The molecule has 2 heteroatoms. The van der Waals surface area contributed by atoms with E-state index in [4.69, 9.17) is 0 Å². The lowest BCUT2D eigenvalue weighted by Gasteiger charge is -2.43. The van der Waals surface area contributed by atoms with Gasteiger partial charge in [-0.3, -0.25) is 0 Å². The van der Waals surface area contributed by atoms with Crippen molar-refractivity contribution in [3.63, 3.8) is 0 Å². The van der Waals surface area contributed by atoms with E-state index in [1.807, 2.05) is 0 Å². The molecule has 2 rings (SSSR count). The van der Waals surface area contributed by atoms with E-state index in [9.17, 15) is 0 Å². The second kappa shape index (κ2) is 5.09. The highest BCUT2D eigenvalue weighted by atomic mass is 32.2. The number of nitrogens with one attached hydrogen (secondary N) is 1. The maximum atomic E-state index is 3.85. The van der Waals surface area contributed by atoms with Gasteiger partial charge in [0.25, 0.3) is 0 Å². The quantitative estimate of drug-likeness (QED) is 0.792. The summed E-state index contributed by atoms with van der Waals surface area (Å²) >= 11 is 2.21. The first-order valence-electron chi connectivity index (χ1n) is 6.59. The SMILES string of the molecule is CC(C)C1(CC2CCCS2)CCCCN1. The molecule has 0 amide bonds. The molecule has 88 valence electrons. The van der Waals surface area contributed by atoms with Crippen LogP contribution in [0.25, 0.3) is 0 Å². The van der Waals surface area contributed by atoms with Gasteiger partial charge < -0.3 is 5.32 Å². The first-order chi connectivity index (χ1) is 7.23. The first kappa shape index (κ1) is 11.8. The smallest absolute Gasteiger partial charge is 0.0214 e. The fourth-order valence-electron chi connectivity index (χ4n) is 3.11. The van der Waals surface area contributed by atoms with Crippen LogP contribution in [0.4, 0.5) is 0 Å². The van der Waals surface area contributed by atoms with Gasteiger partial charge in [-0.05, 0) is 50.3 Å². The van der Waals surface area contributed by atoms with Gasteiger partial charge in [0, 0.05) is 10.8 Å². The summed E-state index contributed by atoms with van der Waals surface area (Å²) in [4.78, 5) is 0. The molecule has 2 aliphatic rings. The summed E-state index contributed by atoms with van der Waals surface area (Å²) in [6.45, 7) is 6.05. The number of rotatable bonds is 3. The number of hydrogen-bond acceptors (Lipinski definition) is 2. The van der Waals surface area contributed by atoms with Crippen LogP contribution in [0.15, 0.2) is 0 Å². The lowest BCUT2D eigenvalue weighted by atomic mass is 9.75. The van der Waals surface area contributed by atoms with Crippen LogP contribution in [0.2, 0.25) is 0 Å². The van der Waals surface area contributed by atoms with Crippen molar-refractivity contribution >= 4 is 11.8 Å². The van der Waals surface area contributed by atoms with Crippen LogP contribution < -0.4 is 5.32 Å². The van der Waals surface area contributed by atoms with Crippen LogP contribution in [-0.2, 0) is 0 Å². The van der Waals surface area contributed by atoms with Crippen molar-refractivity contribution in [3.8, 4) is 0 Å². The monoisotopic (exact) mass is 227 g/mol. The summed E-state index contributed by atoms with van der Waals surface area (Å²) < 4.78 is 0. The molecule has 0 spiro atoms. The van der Waals surface area contributed by atoms with E-state index in [1.54, 1.807) is 0 Å². The van der Waals surface area contributed by atoms with Gasteiger partial charge in [0.2, 0.25) is 0 Å². The third-order valence-electron chi connectivity index (χ3n) is 4.25. The third-order valence-corrected chi connectivity index (χ3v) is 5.65. The Balaban J connectivity index is 1.97. The summed E-state index contributed by atoms with van der Waals surface area (Å²) in [5.74, 6) is 2.19. The predicted molar refractivity (Wildman–Crippen MR) is 69.5 cm³/mol. The minimum absolute atomic E-state index is 0.472. The molecule has 2 atom stereocenters. The van der Waals surface area contributed by atoms with Crippen LogP contribution in [0.3, 0.4) is 0 Å². The van der Waals surface area contributed by atoms with Crippen molar-refractivity contribution in [2.45, 2.75) is 63.2 Å². The molecule has 2 aliphatic heterocycles. The zero-order valence-electron chi connectivity index (χ0n) is 10.2. The third kappa shape index (κ3) is 2.71. The number of thioether (sulfide) groups is 1. The zero-order valence-corrected chi connectivity index (χ0v) is 11.0. The Kier molecular flexibility index (Phi) is 4.00. The molecule has 0 bridgehead atoms. The summed E-state index contributed by atoms with van der Waals surface area (Å²) in [7, 11) is 0. The van der Waals surface area contributed by atoms with Gasteiger partial charge in [-0.1, -0.05) is 20.3 Å². The molecule has 1 N–H and O–H groups in total. The van der Waals surface area contributed by atoms with E-state index in [-0.39, 0.29) is 0 Å². The van der Waals surface area contributed by atoms with Crippen LogP contribution in [0, 0.1) is 5.92 Å². The van der Waals surface area contributed by atoms with Gasteiger partial charge >= 0.3 is 0 Å². The van der Waals surface area contributed by atoms with Crippen molar-refractivity contribution in [1.29, 1.82) is 0 Å². The van der Waals surface area contributed by atoms with E-state index in [2.05, 4.69) is 30.9 Å². The predicted octanol–water partition coefficient (Wildman–Crippen LogP) is 3.44. The van der Waals surface area contributed by atoms with Crippen LogP contribution in [0.1, 0.15) is 52.4 Å². The molecular weight excluding hydrogens is 202 g/mol. The van der Waals surface area contributed by atoms with E-state index >= 15 is 0 Å². The molecule has 0 radical (unpaired) electrons. The second-order valence-electron chi connectivity index (χ2n) is 5.53. The molecule has 0 aromatic heterocycles. The van der Waals surface area contributed by atoms with Crippen LogP contribution >= 0.6 is 11.8 Å². The number of hydrogen-bond donors (Lipinski definition) is 1. The first-order valence-corrected chi connectivity index (χ1v) is 7.64. The van der Waals surface area contributed by atoms with Gasteiger partial charge in [0.1, 0.15) is 0 Å². The highest BCUT2D eigenvalue weighted by Gasteiger charge is 2.37. The molecular formula is C13H25NS. The van der Waals surface area contributed by atoms with E-state index < -0.39 is 0 Å². The summed E-state index contributed by atoms with van der Waals surface area (Å²) in [5.41, 5.74) is 0.472. The molecule has 2 heterocycles. The molecule has 2 saturated heterocycles. The topological polar surface area (TPSA) is 12.0 Å². The minimum atomic E-state index is 0.472. The van der Waals surface area contributed by atoms with Crippen molar-refractivity contribution < 1.29 is 0 Å². The Morgan fingerprint density at radius 1 is 1.33 bits per heavy atom. The Morgan fingerprint density at radius 2 is 2.20 bits per heavy atom. The molecule has 2 fully saturated rings. The lowest BCUT2D eigenvalue weighted by molar-refractivity contribution is 0.168. The Labute approximate surface area is 98.8 Å². The highest BCUT2D eigenvalue weighted by Crippen LogP contribution is 2.38. The fraction of sp³-hybridized carbons (Fsp3) is 1.00. The molecule has 0 aromatic rings. The average molecular weight is 227 g/mol. The second-order valence-corrected chi connectivity index (χ2v) is 6.94. The maximum absolute atomic E-state index is 3.85. The summed E-state index contributed by atoms with van der Waals surface area (Å²) in [6, 6.07) is 0. The Morgan fingerprint density at radius 3 is 2.73 bits per heavy atom. The summed E-state index contributed by atoms with van der Waals surface area (Å²) in [5, 5.41) is 4.79. The van der Waals surface area contributed by atoms with Gasteiger partial charge in [-0.25, -0.2) is 0 Å². The van der Waals surface area contributed by atoms with Crippen molar-refractivity contribution in [1.82, 2.24) is 5.32 Å². The Hall–Kier alpha value is 0.310. The Bertz CT molecular complexity index is 191. The van der Waals surface area contributed by atoms with Crippen molar-refractivity contribution in [2.75, 3.05) is 12.3 Å². The highest BCUT2D eigenvalue weighted by molar-refractivity contribution is 8.00. The fourth-order valence-corrected chi connectivity index (χ4v) is 4.52. The van der Waals surface area contributed by atoms with Crippen LogP contribution in [-0.4, -0.2) is 23.1 Å². The van der Waals surface area contributed by atoms with E-state index in [1.165, 1.54) is 50.8 Å². The molecule has 2 unspecified atom stereocenters. The molecule has 0 aliphatic carbocycles. The van der Waals surface area contributed by atoms with Gasteiger partial charge in [-0.2, -0.15) is 11.8 Å². The lowest BCUT2D eigenvalue weighted by Crippen LogP contribution is -2.53. The van der Waals surface area contributed by atoms with Crippen molar-refractivity contribution in [2.24, 2.45) is 5.92 Å². The van der Waals surface area contributed by atoms with E-state index in [0.29, 0.717) is 5.54 Å². The normalized spacial score (nSPS) is 37.4. The largest absolute Gasteiger partial charge is 0.311 e. The molecule has 0 saturated carbocycles. The standard InChI is InChI=1S/C13H25NS/c1-11(2)13(7-3-4-8-14-13)10-12-6-5-9-15-12/h11-12,14H,3-10H2,1-2H3. The van der Waals surface area contributed by atoms with Crippen molar-refractivity contribution in [3.05, 3.63) is 0 Å². The molecule has 1 nitrogen and oxygen atoms in total. The minimum Gasteiger partial charge on any atom is -0.311 e. The van der Waals surface area contributed by atoms with Crippen LogP contribution in [0.5, 0.6) is 0 Å². The summed E-state index contributed by atoms with van der Waals surface area (Å²) in [6.07, 6.45) is 8.54. The zero-order chi connectivity index (χ0) is 10.7. The van der Waals surface area contributed by atoms with Gasteiger partial charge in [0.05, 0.1) is 0 Å². The molecule has 0 aromatic carbocycles. The van der Waals surface area contributed by atoms with Gasteiger partial charge in [-0.15, -0.1) is 0 Å². The average Bonchev–Trinajstić information content (AvgIpc) is 2.71. The number of piperidine rings is 1. The maximum Gasteiger partial charge on any atom is 0.0214 e. The van der Waals surface area contributed by atoms with E-state index in [0.717, 1.165) is 11.2 Å². The van der Waals surface area contributed by atoms with Gasteiger partial charge in [0.15, 0.2) is 0 Å².